The van der Waals surface area contributed by atoms with Crippen LogP contribution in [-0.4, -0.2) is 35.3 Å². The van der Waals surface area contributed by atoms with Gasteiger partial charge in [-0.15, -0.1) is 0 Å². The maximum absolute atomic E-state index is 5.68. The molecule has 1 fully saturated rings. The fourth-order valence-electron chi connectivity index (χ4n) is 2.71. The third kappa shape index (κ3) is 4.45. The van der Waals surface area contributed by atoms with E-state index in [-0.39, 0.29) is 6.10 Å². The molecule has 2 aromatic rings. The van der Waals surface area contributed by atoms with E-state index in [0.29, 0.717) is 12.0 Å². The smallest absolute Gasteiger partial charge is 0.225 e. The molecule has 3 rings (SSSR count). The van der Waals surface area contributed by atoms with Gasteiger partial charge < -0.3 is 15.4 Å². The molecule has 0 spiro atoms. The van der Waals surface area contributed by atoms with Gasteiger partial charge >= 0.3 is 0 Å². The zero-order chi connectivity index (χ0) is 16.8. The second-order valence-corrected chi connectivity index (χ2v) is 6.30. The number of hydrogen-bond acceptors (Lipinski definition) is 5. The Kier molecular flexibility index (Phi) is 5.64. The maximum atomic E-state index is 5.68. The van der Waals surface area contributed by atoms with Crippen LogP contribution >= 0.6 is 0 Å². The number of anilines is 2. The Morgan fingerprint density at radius 2 is 2.08 bits per heavy atom. The highest BCUT2D eigenvalue weighted by Gasteiger charge is 2.16. The van der Waals surface area contributed by atoms with E-state index in [1.807, 2.05) is 24.3 Å². The van der Waals surface area contributed by atoms with E-state index in [4.69, 9.17) is 4.74 Å². The van der Waals surface area contributed by atoms with Crippen molar-refractivity contribution in [2.45, 2.75) is 45.3 Å². The first-order valence-electron chi connectivity index (χ1n) is 8.81. The van der Waals surface area contributed by atoms with Gasteiger partial charge in [0, 0.05) is 30.8 Å². The molecule has 128 valence electrons. The first kappa shape index (κ1) is 16.7. The topological polar surface area (TPSA) is 59.1 Å². The van der Waals surface area contributed by atoms with Crippen LogP contribution in [0.1, 0.15) is 33.1 Å². The van der Waals surface area contributed by atoms with Gasteiger partial charge in [0.25, 0.3) is 0 Å². The lowest BCUT2D eigenvalue weighted by molar-refractivity contribution is 0.120. The zero-order valence-electron chi connectivity index (χ0n) is 14.5. The van der Waals surface area contributed by atoms with E-state index in [0.717, 1.165) is 49.5 Å². The van der Waals surface area contributed by atoms with E-state index < -0.39 is 0 Å². The van der Waals surface area contributed by atoms with Crippen LogP contribution in [0.25, 0.3) is 11.3 Å². The van der Waals surface area contributed by atoms with Crippen LogP contribution in [0, 0.1) is 0 Å². The first-order valence-corrected chi connectivity index (χ1v) is 8.81. The third-order valence-corrected chi connectivity index (χ3v) is 4.32. The summed E-state index contributed by atoms with van der Waals surface area (Å²) >= 11 is 0. The van der Waals surface area contributed by atoms with Crippen molar-refractivity contribution in [3.63, 3.8) is 0 Å². The molecule has 2 unspecified atom stereocenters. The Labute approximate surface area is 143 Å². The fourth-order valence-corrected chi connectivity index (χ4v) is 2.71. The van der Waals surface area contributed by atoms with Crippen molar-refractivity contribution in [3.8, 4) is 11.3 Å². The Morgan fingerprint density at radius 1 is 1.25 bits per heavy atom. The maximum Gasteiger partial charge on any atom is 0.225 e. The first-order chi connectivity index (χ1) is 11.7. The summed E-state index contributed by atoms with van der Waals surface area (Å²) in [4.78, 5) is 9.30. The second kappa shape index (κ2) is 8.11. The number of ether oxygens (including phenoxy) is 1. The summed E-state index contributed by atoms with van der Waals surface area (Å²) in [6, 6.07) is 12.5. The Bertz CT molecular complexity index is 641. The van der Waals surface area contributed by atoms with Gasteiger partial charge in [0.05, 0.1) is 11.8 Å². The number of benzene rings is 1. The molecular formula is C19H26N4O. The molecule has 1 aromatic carbocycles. The zero-order valence-corrected chi connectivity index (χ0v) is 14.5. The van der Waals surface area contributed by atoms with E-state index >= 15 is 0 Å². The number of hydrogen-bond donors (Lipinski definition) is 2. The summed E-state index contributed by atoms with van der Waals surface area (Å²) in [6.07, 6.45) is 3.57. The van der Waals surface area contributed by atoms with E-state index in [9.17, 15) is 0 Å². The number of nitrogens with zero attached hydrogens (tertiary/aromatic N) is 2. The average molecular weight is 326 g/mol. The average Bonchev–Trinajstić information content (AvgIpc) is 3.14. The summed E-state index contributed by atoms with van der Waals surface area (Å²) in [5.74, 6) is 1.51. The lowest BCUT2D eigenvalue weighted by Gasteiger charge is -2.16. The second-order valence-electron chi connectivity index (χ2n) is 6.30. The number of rotatable bonds is 7. The van der Waals surface area contributed by atoms with Gasteiger partial charge in [-0.3, -0.25) is 0 Å². The molecule has 1 aliphatic rings. The summed E-state index contributed by atoms with van der Waals surface area (Å²) in [5.41, 5.74) is 2.01. The molecule has 5 nitrogen and oxygen atoms in total. The molecule has 2 atom stereocenters. The summed E-state index contributed by atoms with van der Waals surface area (Å²) in [5, 5.41) is 6.79. The highest BCUT2D eigenvalue weighted by Crippen LogP contribution is 2.22. The predicted molar refractivity (Wildman–Crippen MR) is 98.3 cm³/mol. The molecule has 0 aliphatic carbocycles. The van der Waals surface area contributed by atoms with E-state index in [2.05, 4.69) is 46.6 Å². The third-order valence-electron chi connectivity index (χ3n) is 4.32. The van der Waals surface area contributed by atoms with Crippen LogP contribution in [0.5, 0.6) is 0 Å². The number of nitrogens with one attached hydrogen (secondary N) is 2. The molecule has 0 saturated carbocycles. The fraction of sp³-hybridized carbons (Fsp3) is 0.474. The van der Waals surface area contributed by atoms with Crippen LogP contribution in [0.2, 0.25) is 0 Å². The lowest BCUT2D eigenvalue weighted by atomic mass is 10.1. The molecule has 0 bridgehead atoms. The molecule has 24 heavy (non-hydrogen) atoms. The van der Waals surface area contributed by atoms with Gasteiger partial charge in [-0.2, -0.15) is 4.98 Å². The van der Waals surface area contributed by atoms with Crippen LogP contribution in [-0.2, 0) is 4.74 Å². The van der Waals surface area contributed by atoms with Crippen molar-refractivity contribution in [1.29, 1.82) is 0 Å². The standard InChI is InChI=1S/C19H26N4O/c1-3-14(2)21-19-22-17(15-8-5-4-6-9-15)12-18(23-19)20-13-16-10-7-11-24-16/h4-6,8-9,12,14,16H,3,7,10-11,13H2,1-2H3,(H2,20,21,22,23). The summed E-state index contributed by atoms with van der Waals surface area (Å²) < 4.78 is 5.68. The monoisotopic (exact) mass is 326 g/mol. The van der Waals surface area contributed by atoms with E-state index in [1.54, 1.807) is 0 Å². The Hall–Kier alpha value is -2.14. The molecular weight excluding hydrogens is 300 g/mol. The van der Waals surface area contributed by atoms with Crippen molar-refractivity contribution < 1.29 is 4.74 Å². The normalized spacial score (nSPS) is 18.3. The molecule has 1 aromatic heterocycles. The van der Waals surface area contributed by atoms with Crippen molar-refractivity contribution >= 4 is 11.8 Å². The number of aromatic nitrogens is 2. The molecule has 0 radical (unpaired) electrons. The summed E-state index contributed by atoms with van der Waals surface area (Å²) in [6.45, 7) is 5.94. The largest absolute Gasteiger partial charge is 0.376 e. The minimum Gasteiger partial charge on any atom is -0.376 e. The van der Waals surface area contributed by atoms with Crippen LogP contribution in [0.4, 0.5) is 11.8 Å². The van der Waals surface area contributed by atoms with Gasteiger partial charge in [0.15, 0.2) is 0 Å². The Morgan fingerprint density at radius 3 is 2.79 bits per heavy atom. The van der Waals surface area contributed by atoms with Gasteiger partial charge in [-0.1, -0.05) is 37.3 Å². The van der Waals surface area contributed by atoms with Gasteiger partial charge in [-0.25, -0.2) is 4.98 Å². The minimum atomic E-state index is 0.283. The van der Waals surface area contributed by atoms with Crippen molar-refractivity contribution in [1.82, 2.24) is 9.97 Å². The van der Waals surface area contributed by atoms with Crippen molar-refractivity contribution in [3.05, 3.63) is 36.4 Å². The highest BCUT2D eigenvalue weighted by atomic mass is 16.5. The van der Waals surface area contributed by atoms with Crippen LogP contribution in [0.15, 0.2) is 36.4 Å². The lowest BCUT2D eigenvalue weighted by Crippen LogP contribution is -2.20. The minimum absolute atomic E-state index is 0.283. The molecule has 2 N–H and O–H groups in total. The van der Waals surface area contributed by atoms with Gasteiger partial charge in [-0.05, 0) is 26.2 Å². The molecule has 1 aliphatic heterocycles. The summed E-state index contributed by atoms with van der Waals surface area (Å²) in [7, 11) is 0. The van der Waals surface area contributed by atoms with Crippen LogP contribution < -0.4 is 10.6 Å². The highest BCUT2D eigenvalue weighted by molar-refractivity contribution is 5.64. The quantitative estimate of drug-likeness (QED) is 0.807. The van der Waals surface area contributed by atoms with Gasteiger partial charge in [0.1, 0.15) is 5.82 Å². The SMILES string of the molecule is CCC(C)Nc1nc(NCC2CCCO2)cc(-c2ccccc2)n1. The van der Waals surface area contributed by atoms with E-state index in [1.165, 1.54) is 0 Å². The van der Waals surface area contributed by atoms with Crippen LogP contribution in [0.3, 0.4) is 0 Å². The molecule has 2 heterocycles. The van der Waals surface area contributed by atoms with Gasteiger partial charge in [0.2, 0.25) is 5.95 Å². The Balaban J connectivity index is 1.81. The van der Waals surface area contributed by atoms with Crippen molar-refractivity contribution in [2.24, 2.45) is 0 Å². The molecule has 0 amide bonds. The molecule has 5 heteroatoms. The van der Waals surface area contributed by atoms with Crippen molar-refractivity contribution in [2.75, 3.05) is 23.8 Å². The predicted octanol–water partition coefficient (Wildman–Crippen LogP) is 3.94. The molecule has 1 saturated heterocycles.